The molecule has 0 saturated heterocycles. The molecule has 0 atom stereocenters. The van der Waals surface area contributed by atoms with Crippen LogP contribution in [0.3, 0.4) is 0 Å². The summed E-state index contributed by atoms with van der Waals surface area (Å²) in [5, 5.41) is 3.53. The Hall–Kier alpha value is -0.890. The Balaban J connectivity index is 2.26. The van der Waals surface area contributed by atoms with Gasteiger partial charge in [-0.1, -0.05) is 58.7 Å². The number of benzene rings is 1. The minimum absolute atomic E-state index is 0.0123. The van der Waals surface area contributed by atoms with Gasteiger partial charge >= 0.3 is 0 Å². The van der Waals surface area contributed by atoms with Crippen molar-refractivity contribution in [1.82, 2.24) is 5.32 Å². The van der Waals surface area contributed by atoms with Gasteiger partial charge in [0.25, 0.3) is 0 Å². The van der Waals surface area contributed by atoms with Gasteiger partial charge in [0.15, 0.2) is 0 Å². The van der Waals surface area contributed by atoms with E-state index in [2.05, 4.69) is 33.0 Å². The maximum atomic E-state index is 14.3. The molecule has 112 valence electrons. The molecule has 0 spiro atoms. The number of nitrogens with one attached hydrogen (secondary N) is 1. The first-order valence-electron chi connectivity index (χ1n) is 7.95. The summed E-state index contributed by atoms with van der Waals surface area (Å²) in [7, 11) is 0. The van der Waals surface area contributed by atoms with Crippen molar-refractivity contribution in [3.05, 3.63) is 35.6 Å². The van der Waals surface area contributed by atoms with Crippen molar-refractivity contribution in [2.45, 2.75) is 64.8 Å². The standard InChI is InChI=1S/C18H28FN/c1-5-17(6-2)11-18(12-17,13-20-14(3)4)15-9-7-8-10-16(15)19/h7-10,14,20H,5-6,11-13H2,1-4H3. The maximum absolute atomic E-state index is 14.3. The van der Waals surface area contributed by atoms with Gasteiger partial charge in [0, 0.05) is 18.0 Å². The van der Waals surface area contributed by atoms with E-state index in [4.69, 9.17) is 0 Å². The van der Waals surface area contributed by atoms with Crippen LogP contribution in [0.25, 0.3) is 0 Å². The molecule has 1 aliphatic rings. The Morgan fingerprint density at radius 2 is 1.75 bits per heavy atom. The highest BCUT2D eigenvalue weighted by molar-refractivity contribution is 5.32. The molecule has 0 bridgehead atoms. The lowest BCUT2D eigenvalue weighted by Crippen LogP contribution is -2.55. The molecule has 0 aliphatic heterocycles. The van der Waals surface area contributed by atoms with Crippen molar-refractivity contribution in [3.8, 4) is 0 Å². The number of halogens is 1. The van der Waals surface area contributed by atoms with E-state index in [1.54, 1.807) is 12.1 Å². The van der Waals surface area contributed by atoms with Gasteiger partial charge in [-0.05, 0) is 29.9 Å². The van der Waals surface area contributed by atoms with Gasteiger partial charge in [-0.15, -0.1) is 0 Å². The summed E-state index contributed by atoms with van der Waals surface area (Å²) >= 11 is 0. The van der Waals surface area contributed by atoms with Crippen LogP contribution in [-0.4, -0.2) is 12.6 Å². The monoisotopic (exact) mass is 277 g/mol. The summed E-state index contributed by atoms with van der Waals surface area (Å²) in [4.78, 5) is 0. The highest BCUT2D eigenvalue weighted by Crippen LogP contribution is 2.59. The molecule has 2 heteroatoms. The van der Waals surface area contributed by atoms with Crippen LogP contribution in [0.5, 0.6) is 0 Å². The largest absolute Gasteiger partial charge is 0.314 e. The van der Waals surface area contributed by atoms with Gasteiger partial charge in [0.1, 0.15) is 5.82 Å². The molecule has 2 rings (SSSR count). The van der Waals surface area contributed by atoms with Crippen LogP contribution in [0.2, 0.25) is 0 Å². The Morgan fingerprint density at radius 1 is 1.15 bits per heavy atom. The lowest BCUT2D eigenvalue weighted by Gasteiger charge is -2.57. The zero-order chi connectivity index (χ0) is 14.8. The zero-order valence-corrected chi connectivity index (χ0v) is 13.3. The second-order valence-corrected chi connectivity index (χ2v) is 6.86. The van der Waals surface area contributed by atoms with E-state index in [0.717, 1.165) is 24.9 Å². The zero-order valence-electron chi connectivity index (χ0n) is 13.3. The molecule has 1 fully saturated rings. The first-order chi connectivity index (χ1) is 9.47. The van der Waals surface area contributed by atoms with Gasteiger partial charge in [0.2, 0.25) is 0 Å². The van der Waals surface area contributed by atoms with Crippen LogP contribution in [0, 0.1) is 11.2 Å². The molecular formula is C18H28FN. The third-order valence-corrected chi connectivity index (χ3v) is 5.22. The fraction of sp³-hybridized carbons (Fsp3) is 0.667. The minimum atomic E-state index is -0.0427. The second-order valence-electron chi connectivity index (χ2n) is 6.86. The first-order valence-corrected chi connectivity index (χ1v) is 7.95. The molecule has 1 N–H and O–H groups in total. The van der Waals surface area contributed by atoms with Gasteiger partial charge in [-0.2, -0.15) is 0 Å². The quantitative estimate of drug-likeness (QED) is 0.797. The van der Waals surface area contributed by atoms with Crippen LogP contribution in [-0.2, 0) is 5.41 Å². The van der Waals surface area contributed by atoms with Crippen molar-refractivity contribution >= 4 is 0 Å². The molecular weight excluding hydrogens is 249 g/mol. The Bertz CT molecular complexity index is 440. The summed E-state index contributed by atoms with van der Waals surface area (Å²) in [6.07, 6.45) is 4.60. The smallest absolute Gasteiger partial charge is 0.127 e. The van der Waals surface area contributed by atoms with Crippen LogP contribution >= 0.6 is 0 Å². The lowest BCUT2D eigenvalue weighted by atomic mass is 9.48. The minimum Gasteiger partial charge on any atom is -0.314 e. The molecule has 1 aromatic rings. The highest BCUT2D eigenvalue weighted by atomic mass is 19.1. The number of rotatable bonds is 6. The molecule has 1 nitrogen and oxygen atoms in total. The fourth-order valence-corrected chi connectivity index (χ4v) is 3.84. The predicted molar refractivity (Wildman–Crippen MR) is 83.5 cm³/mol. The highest BCUT2D eigenvalue weighted by Gasteiger charge is 2.53. The first kappa shape index (κ1) is 15.5. The van der Waals surface area contributed by atoms with E-state index in [1.807, 2.05) is 12.1 Å². The predicted octanol–water partition coefficient (Wildman–Crippen LogP) is 4.66. The van der Waals surface area contributed by atoms with E-state index in [-0.39, 0.29) is 11.2 Å². The summed E-state index contributed by atoms with van der Waals surface area (Å²) < 4.78 is 14.3. The summed E-state index contributed by atoms with van der Waals surface area (Å²) in [6.45, 7) is 9.73. The van der Waals surface area contributed by atoms with E-state index < -0.39 is 0 Å². The third kappa shape index (κ3) is 2.76. The maximum Gasteiger partial charge on any atom is 0.127 e. The summed E-state index contributed by atoms with van der Waals surface area (Å²) in [6, 6.07) is 7.77. The van der Waals surface area contributed by atoms with Crippen molar-refractivity contribution in [1.29, 1.82) is 0 Å². The van der Waals surface area contributed by atoms with Gasteiger partial charge in [-0.25, -0.2) is 4.39 Å². The molecule has 0 heterocycles. The van der Waals surface area contributed by atoms with E-state index >= 15 is 0 Å². The van der Waals surface area contributed by atoms with Crippen LogP contribution in [0.4, 0.5) is 4.39 Å². The number of hydrogen-bond acceptors (Lipinski definition) is 1. The lowest BCUT2D eigenvalue weighted by molar-refractivity contribution is 0.00973. The SMILES string of the molecule is CCC1(CC)CC(CNC(C)C)(c2ccccc2F)C1. The fourth-order valence-electron chi connectivity index (χ4n) is 3.84. The molecule has 0 aromatic heterocycles. The van der Waals surface area contributed by atoms with Crippen LogP contribution in [0.1, 0.15) is 58.9 Å². The van der Waals surface area contributed by atoms with Gasteiger partial charge in [-0.3, -0.25) is 0 Å². The second kappa shape index (κ2) is 5.85. The Kier molecular flexibility index (Phi) is 4.53. The topological polar surface area (TPSA) is 12.0 Å². The van der Waals surface area contributed by atoms with Crippen molar-refractivity contribution in [2.75, 3.05) is 6.54 Å². The molecule has 1 aliphatic carbocycles. The molecule has 1 aromatic carbocycles. The summed E-state index contributed by atoms with van der Waals surface area (Å²) in [5.41, 5.74) is 1.31. The third-order valence-electron chi connectivity index (χ3n) is 5.22. The van der Waals surface area contributed by atoms with E-state index in [1.165, 1.54) is 12.8 Å². The summed E-state index contributed by atoms with van der Waals surface area (Å²) in [5.74, 6) is -0.0427. The van der Waals surface area contributed by atoms with Crippen LogP contribution < -0.4 is 5.32 Å². The average Bonchev–Trinajstić information content (AvgIpc) is 2.39. The van der Waals surface area contributed by atoms with E-state index in [9.17, 15) is 4.39 Å². The van der Waals surface area contributed by atoms with Crippen LogP contribution in [0.15, 0.2) is 24.3 Å². The van der Waals surface area contributed by atoms with Crippen molar-refractivity contribution in [2.24, 2.45) is 5.41 Å². The molecule has 0 radical (unpaired) electrons. The molecule has 20 heavy (non-hydrogen) atoms. The van der Waals surface area contributed by atoms with Gasteiger partial charge in [0.05, 0.1) is 0 Å². The molecule has 0 amide bonds. The molecule has 0 unspecified atom stereocenters. The van der Waals surface area contributed by atoms with Crippen molar-refractivity contribution < 1.29 is 4.39 Å². The number of hydrogen-bond donors (Lipinski definition) is 1. The average molecular weight is 277 g/mol. The molecule has 1 saturated carbocycles. The van der Waals surface area contributed by atoms with Gasteiger partial charge < -0.3 is 5.32 Å². The Morgan fingerprint density at radius 3 is 2.25 bits per heavy atom. The Labute approximate surface area is 123 Å². The normalized spacial score (nSPS) is 19.9. The van der Waals surface area contributed by atoms with Crippen molar-refractivity contribution in [3.63, 3.8) is 0 Å². The van der Waals surface area contributed by atoms with E-state index in [0.29, 0.717) is 11.5 Å².